The molecule has 0 spiro atoms. The van der Waals surface area contributed by atoms with E-state index in [1.165, 1.54) is 12.3 Å². The van der Waals surface area contributed by atoms with Gasteiger partial charge in [-0.25, -0.2) is 0 Å². The van der Waals surface area contributed by atoms with E-state index in [0.29, 0.717) is 0 Å². The van der Waals surface area contributed by atoms with Crippen molar-refractivity contribution in [2.24, 2.45) is 0 Å². The maximum atomic E-state index is 11.7. The van der Waals surface area contributed by atoms with Gasteiger partial charge >= 0.3 is 6.18 Å². The smallest absolute Gasteiger partial charge is 0.422 e. The highest BCUT2D eigenvalue weighted by Gasteiger charge is 2.28. The van der Waals surface area contributed by atoms with Crippen molar-refractivity contribution in [3.05, 3.63) is 24.0 Å². The molecular formula is C11H16F3NO. The number of alkyl halides is 3. The van der Waals surface area contributed by atoms with E-state index in [-0.39, 0.29) is 5.75 Å². The summed E-state index contributed by atoms with van der Waals surface area (Å²) in [6.07, 6.45) is -2.26. The van der Waals surface area contributed by atoms with Crippen LogP contribution in [0.15, 0.2) is 18.3 Å². The zero-order chi connectivity index (χ0) is 12.6. The lowest BCUT2D eigenvalue weighted by atomic mass is 10.3. The van der Waals surface area contributed by atoms with Crippen LogP contribution >= 0.6 is 0 Å². The summed E-state index contributed by atoms with van der Waals surface area (Å²) >= 11 is 0. The number of nitrogens with zero attached hydrogens (tertiary/aromatic N) is 1. The molecule has 0 unspecified atom stereocenters. The third-order valence-electron chi connectivity index (χ3n) is 1.56. The minimum Gasteiger partial charge on any atom is -0.483 e. The van der Waals surface area contributed by atoms with Gasteiger partial charge in [-0.15, -0.1) is 0 Å². The van der Waals surface area contributed by atoms with E-state index >= 15 is 0 Å². The molecule has 0 amide bonds. The van der Waals surface area contributed by atoms with Gasteiger partial charge in [-0.1, -0.05) is 20.8 Å². The van der Waals surface area contributed by atoms with E-state index in [4.69, 9.17) is 0 Å². The largest absolute Gasteiger partial charge is 0.483 e. The fraction of sp³-hybridized carbons (Fsp3) is 0.545. The van der Waals surface area contributed by atoms with Crippen LogP contribution in [0, 0.1) is 0 Å². The molecule has 0 aliphatic carbocycles. The average molecular weight is 235 g/mol. The highest BCUT2D eigenvalue weighted by molar-refractivity contribution is 5.19. The first-order valence-corrected chi connectivity index (χ1v) is 5.16. The summed E-state index contributed by atoms with van der Waals surface area (Å²) in [5.41, 5.74) is 0.823. The molecule has 0 atom stereocenters. The number of rotatable bonds is 3. The molecule has 1 aromatic heterocycles. The predicted octanol–water partition coefficient (Wildman–Crippen LogP) is 3.61. The summed E-state index contributed by atoms with van der Waals surface area (Å²) in [4.78, 5) is 3.91. The highest BCUT2D eigenvalue weighted by atomic mass is 19.4. The Bertz CT molecular complexity index is 282. The Morgan fingerprint density at radius 2 is 1.88 bits per heavy atom. The van der Waals surface area contributed by atoms with E-state index in [1.54, 1.807) is 6.07 Å². The maximum Gasteiger partial charge on any atom is 0.422 e. The molecule has 0 saturated heterocycles. The zero-order valence-electron chi connectivity index (χ0n) is 9.64. The lowest BCUT2D eigenvalue weighted by Gasteiger charge is -2.08. The normalized spacial score (nSPS) is 10.4. The van der Waals surface area contributed by atoms with E-state index in [0.717, 1.165) is 12.1 Å². The summed E-state index contributed by atoms with van der Waals surface area (Å²) in [5, 5.41) is 0. The number of hydrogen-bond donors (Lipinski definition) is 0. The van der Waals surface area contributed by atoms with Crippen LogP contribution < -0.4 is 4.74 Å². The molecule has 1 rings (SSSR count). The molecule has 16 heavy (non-hydrogen) atoms. The van der Waals surface area contributed by atoms with Gasteiger partial charge in [0.05, 0.1) is 6.20 Å². The van der Waals surface area contributed by atoms with Crippen molar-refractivity contribution in [1.29, 1.82) is 0 Å². The number of ether oxygens (including phenoxy) is 1. The molecular weight excluding hydrogens is 219 g/mol. The van der Waals surface area contributed by atoms with E-state index in [2.05, 4.69) is 9.72 Å². The molecule has 92 valence electrons. The molecule has 1 aromatic rings. The van der Waals surface area contributed by atoms with E-state index < -0.39 is 12.8 Å². The van der Waals surface area contributed by atoms with Crippen molar-refractivity contribution in [2.75, 3.05) is 6.61 Å². The first-order valence-electron chi connectivity index (χ1n) is 5.16. The SMILES string of the molecule is CC.CCc1ccc(OCC(F)(F)F)cn1. The second-order valence-corrected chi connectivity index (χ2v) is 2.74. The predicted molar refractivity (Wildman–Crippen MR) is 56.5 cm³/mol. The fourth-order valence-corrected chi connectivity index (χ4v) is 0.871. The first kappa shape index (κ1) is 14.7. The molecule has 0 bridgehead atoms. The van der Waals surface area contributed by atoms with Gasteiger partial charge in [0.2, 0.25) is 0 Å². The van der Waals surface area contributed by atoms with Gasteiger partial charge in [0.1, 0.15) is 5.75 Å². The lowest BCUT2D eigenvalue weighted by molar-refractivity contribution is -0.153. The second kappa shape index (κ2) is 7.09. The van der Waals surface area contributed by atoms with E-state index in [1.807, 2.05) is 20.8 Å². The van der Waals surface area contributed by atoms with E-state index in [9.17, 15) is 13.2 Å². The van der Waals surface area contributed by atoms with Crippen molar-refractivity contribution in [1.82, 2.24) is 4.98 Å². The average Bonchev–Trinajstić information content (AvgIpc) is 2.29. The fourth-order valence-electron chi connectivity index (χ4n) is 0.871. The number of aryl methyl sites for hydroxylation is 1. The Labute approximate surface area is 93.5 Å². The molecule has 0 saturated carbocycles. The molecule has 0 aromatic carbocycles. The van der Waals surface area contributed by atoms with Gasteiger partial charge in [0, 0.05) is 5.69 Å². The second-order valence-electron chi connectivity index (χ2n) is 2.74. The molecule has 0 aliphatic heterocycles. The number of pyridine rings is 1. The van der Waals surface area contributed by atoms with Crippen molar-refractivity contribution in [3.8, 4) is 5.75 Å². The monoisotopic (exact) mass is 235 g/mol. The third-order valence-corrected chi connectivity index (χ3v) is 1.56. The Balaban J connectivity index is 0.00000106. The Morgan fingerprint density at radius 1 is 1.25 bits per heavy atom. The first-order chi connectivity index (χ1) is 7.51. The van der Waals surface area contributed by atoms with Crippen molar-refractivity contribution in [2.45, 2.75) is 33.4 Å². The van der Waals surface area contributed by atoms with Crippen LogP contribution in [-0.2, 0) is 6.42 Å². The van der Waals surface area contributed by atoms with Crippen LogP contribution in [-0.4, -0.2) is 17.8 Å². The van der Waals surface area contributed by atoms with Crippen LogP contribution in [0.2, 0.25) is 0 Å². The number of aromatic nitrogens is 1. The topological polar surface area (TPSA) is 22.1 Å². The molecule has 1 heterocycles. The van der Waals surface area contributed by atoms with Crippen molar-refractivity contribution in [3.63, 3.8) is 0 Å². The molecule has 0 aliphatic rings. The van der Waals surface area contributed by atoms with Crippen LogP contribution in [0.1, 0.15) is 26.5 Å². The van der Waals surface area contributed by atoms with Crippen molar-refractivity contribution >= 4 is 0 Å². The van der Waals surface area contributed by atoms with Crippen LogP contribution in [0.4, 0.5) is 13.2 Å². The van der Waals surface area contributed by atoms with Gasteiger partial charge in [-0.3, -0.25) is 4.98 Å². The highest BCUT2D eigenvalue weighted by Crippen LogP contribution is 2.17. The zero-order valence-corrected chi connectivity index (χ0v) is 9.64. The maximum absolute atomic E-state index is 11.7. The summed E-state index contributed by atoms with van der Waals surface area (Å²) in [6.45, 7) is 4.64. The molecule has 0 N–H and O–H groups in total. The summed E-state index contributed by atoms with van der Waals surface area (Å²) in [6, 6.07) is 3.13. The molecule has 0 radical (unpaired) electrons. The van der Waals surface area contributed by atoms with Crippen molar-refractivity contribution < 1.29 is 17.9 Å². The van der Waals surface area contributed by atoms with Crippen LogP contribution in [0.3, 0.4) is 0 Å². The standard InChI is InChI=1S/C9H10F3NO.C2H6/c1-2-7-3-4-8(5-13-7)14-6-9(10,11)12;1-2/h3-5H,2,6H2,1H3;1-2H3. The quantitative estimate of drug-likeness (QED) is 0.798. The Hall–Kier alpha value is -1.26. The van der Waals surface area contributed by atoms with Gasteiger partial charge < -0.3 is 4.74 Å². The number of hydrogen-bond acceptors (Lipinski definition) is 2. The van der Waals surface area contributed by atoms with Gasteiger partial charge in [-0.2, -0.15) is 13.2 Å². The minimum absolute atomic E-state index is 0.138. The van der Waals surface area contributed by atoms with Crippen LogP contribution in [0.25, 0.3) is 0 Å². The molecule has 5 heteroatoms. The van der Waals surface area contributed by atoms with Gasteiger partial charge in [-0.05, 0) is 18.6 Å². The lowest BCUT2D eigenvalue weighted by Crippen LogP contribution is -2.19. The Morgan fingerprint density at radius 3 is 2.25 bits per heavy atom. The van der Waals surface area contributed by atoms with Gasteiger partial charge in [0.25, 0.3) is 0 Å². The molecule has 2 nitrogen and oxygen atoms in total. The summed E-state index contributed by atoms with van der Waals surface area (Å²) in [5.74, 6) is 0.138. The summed E-state index contributed by atoms with van der Waals surface area (Å²) in [7, 11) is 0. The Kier molecular flexibility index (Phi) is 6.53. The van der Waals surface area contributed by atoms with Gasteiger partial charge in [0.15, 0.2) is 6.61 Å². The third kappa shape index (κ3) is 6.27. The number of halogens is 3. The molecule has 0 fully saturated rings. The minimum atomic E-state index is -4.30. The van der Waals surface area contributed by atoms with Crippen LogP contribution in [0.5, 0.6) is 5.75 Å². The summed E-state index contributed by atoms with van der Waals surface area (Å²) < 4.78 is 39.7.